The Morgan fingerprint density at radius 1 is 1.53 bits per heavy atom. The first-order chi connectivity index (χ1) is 8.22. The topological polar surface area (TPSA) is 89.8 Å². The SMILES string of the molecule is CC(N)C(CO)Sc1nnnn1C1CCCC1. The van der Waals surface area contributed by atoms with Gasteiger partial charge in [-0.25, -0.2) is 4.68 Å². The molecule has 2 unspecified atom stereocenters. The summed E-state index contributed by atoms with van der Waals surface area (Å²) in [5.41, 5.74) is 5.81. The van der Waals surface area contributed by atoms with Gasteiger partial charge in [-0.2, -0.15) is 0 Å². The smallest absolute Gasteiger partial charge is 0.209 e. The molecule has 2 rings (SSSR count). The van der Waals surface area contributed by atoms with Crippen molar-refractivity contribution >= 4 is 11.8 Å². The standard InChI is InChI=1S/C10H19N5OS/c1-7(11)9(6-16)17-10-12-13-14-15(10)8-4-2-3-5-8/h7-9,16H,2-6,11H2,1H3. The monoisotopic (exact) mass is 257 g/mol. The zero-order chi connectivity index (χ0) is 12.3. The van der Waals surface area contributed by atoms with Gasteiger partial charge in [-0.05, 0) is 30.2 Å². The second-order valence-electron chi connectivity index (χ2n) is 4.54. The fraction of sp³-hybridized carbons (Fsp3) is 0.900. The van der Waals surface area contributed by atoms with E-state index in [-0.39, 0.29) is 17.9 Å². The van der Waals surface area contributed by atoms with Gasteiger partial charge in [0.05, 0.1) is 17.9 Å². The Bertz CT molecular complexity index is 350. The van der Waals surface area contributed by atoms with E-state index in [1.54, 1.807) is 0 Å². The molecule has 1 heterocycles. The highest BCUT2D eigenvalue weighted by Crippen LogP contribution is 2.32. The molecule has 96 valence electrons. The number of thioether (sulfide) groups is 1. The zero-order valence-corrected chi connectivity index (χ0v) is 10.8. The Balaban J connectivity index is 2.07. The molecule has 1 saturated carbocycles. The molecule has 1 aliphatic rings. The van der Waals surface area contributed by atoms with Crippen LogP contribution in [0.1, 0.15) is 38.6 Å². The molecule has 1 aromatic rings. The van der Waals surface area contributed by atoms with E-state index in [1.165, 1.54) is 24.6 Å². The summed E-state index contributed by atoms with van der Waals surface area (Å²) < 4.78 is 1.89. The molecule has 1 aromatic heterocycles. The van der Waals surface area contributed by atoms with Crippen molar-refractivity contribution in [1.29, 1.82) is 0 Å². The molecule has 7 heteroatoms. The van der Waals surface area contributed by atoms with Gasteiger partial charge in [-0.15, -0.1) is 5.10 Å². The Morgan fingerprint density at radius 2 is 2.24 bits per heavy atom. The van der Waals surface area contributed by atoms with Gasteiger partial charge in [-0.3, -0.25) is 0 Å². The maximum atomic E-state index is 9.27. The van der Waals surface area contributed by atoms with Crippen LogP contribution in [0.5, 0.6) is 0 Å². The number of aromatic nitrogens is 4. The van der Waals surface area contributed by atoms with Crippen LogP contribution >= 0.6 is 11.8 Å². The fourth-order valence-corrected chi connectivity index (χ4v) is 3.02. The molecule has 3 N–H and O–H groups in total. The van der Waals surface area contributed by atoms with E-state index in [4.69, 9.17) is 5.73 Å². The Hall–Kier alpha value is -0.660. The van der Waals surface area contributed by atoms with Gasteiger partial charge in [0.1, 0.15) is 0 Å². The first-order valence-corrected chi connectivity index (χ1v) is 6.91. The van der Waals surface area contributed by atoms with E-state index < -0.39 is 0 Å². The summed E-state index contributed by atoms with van der Waals surface area (Å²) in [5.74, 6) is 0. The van der Waals surface area contributed by atoms with Crippen LogP contribution < -0.4 is 5.73 Å². The molecule has 2 atom stereocenters. The van der Waals surface area contributed by atoms with Crippen molar-refractivity contribution in [3.05, 3.63) is 0 Å². The number of aliphatic hydroxyl groups is 1. The third kappa shape index (κ3) is 2.97. The van der Waals surface area contributed by atoms with E-state index in [2.05, 4.69) is 15.5 Å². The summed E-state index contributed by atoms with van der Waals surface area (Å²) in [6, 6.07) is 0.332. The number of hydrogen-bond donors (Lipinski definition) is 2. The summed E-state index contributed by atoms with van der Waals surface area (Å²) in [7, 11) is 0. The molecular weight excluding hydrogens is 238 g/mol. The molecule has 0 amide bonds. The van der Waals surface area contributed by atoms with Gasteiger partial charge < -0.3 is 10.8 Å². The number of tetrazole rings is 1. The van der Waals surface area contributed by atoms with Gasteiger partial charge in [0.2, 0.25) is 5.16 Å². The van der Waals surface area contributed by atoms with Crippen molar-refractivity contribution in [1.82, 2.24) is 20.2 Å². The average molecular weight is 257 g/mol. The molecule has 0 saturated heterocycles. The predicted molar refractivity (Wildman–Crippen MR) is 65.7 cm³/mol. The summed E-state index contributed by atoms with van der Waals surface area (Å²) in [6.45, 7) is 1.93. The second kappa shape index (κ2) is 5.79. The molecule has 17 heavy (non-hydrogen) atoms. The molecule has 0 aromatic carbocycles. The highest BCUT2D eigenvalue weighted by molar-refractivity contribution is 7.99. The molecule has 0 aliphatic heterocycles. The van der Waals surface area contributed by atoms with Crippen LogP contribution in [0, 0.1) is 0 Å². The minimum absolute atomic E-state index is 0.0415. The van der Waals surface area contributed by atoms with E-state index in [9.17, 15) is 5.11 Å². The number of nitrogens with zero attached hydrogens (tertiary/aromatic N) is 4. The van der Waals surface area contributed by atoms with Crippen LogP contribution in [0.4, 0.5) is 0 Å². The first-order valence-electron chi connectivity index (χ1n) is 6.03. The van der Waals surface area contributed by atoms with Crippen molar-refractivity contribution in [3.63, 3.8) is 0 Å². The summed E-state index contributed by atoms with van der Waals surface area (Å²) in [4.78, 5) is 0. The number of hydrogen-bond acceptors (Lipinski definition) is 6. The quantitative estimate of drug-likeness (QED) is 0.750. The van der Waals surface area contributed by atoms with Crippen LogP contribution in [0.2, 0.25) is 0 Å². The number of rotatable bonds is 5. The van der Waals surface area contributed by atoms with Crippen molar-refractivity contribution in [2.45, 2.75) is 55.1 Å². The van der Waals surface area contributed by atoms with Gasteiger partial charge in [0.25, 0.3) is 0 Å². The van der Waals surface area contributed by atoms with Gasteiger partial charge in [0.15, 0.2) is 0 Å². The van der Waals surface area contributed by atoms with Crippen molar-refractivity contribution in [2.75, 3.05) is 6.61 Å². The third-order valence-corrected chi connectivity index (χ3v) is 4.52. The minimum Gasteiger partial charge on any atom is -0.395 e. The lowest BCUT2D eigenvalue weighted by Gasteiger charge is -2.18. The highest BCUT2D eigenvalue weighted by Gasteiger charge is 2.24. The van der Waals surface area contributed by atoms with Crippen molar-refractivity contribution in [2.24, 2.45) is 5.73 Å². The van der Waals surface area contributed by atoms with Gasteiger partial charge >= 0.3 is 0 Å². The van der Waals surface area contributed by atoms with Gasteiger partial charge in [-0.1, -0.05) is 24.6 Å². The highest BCUT2D eigenvalue weighted by atomic mass is 32.2. The maximum absolute atomic E-state index is 9.27. The maximum Gasteiger partial charge on any atom is 0.209 e. The van der Waals surface area contributed by atoms with Crippen LogP contribution in [-0.4, -0.2) is 43.2 Å². The third-order valence-electron chi connectivity index (χ3n) is 3.16. The molecule has 0 bridgehead atoms. The fourth-order valence-electron chi connectivity index (χ4n) is 2.09. The summed E-state index contributed by atoms with van der Waals surface area (Å²) >= 11 is 1.47. The molecule has 0 spiro atoms. The van der Waals surface area contributed by atoms with E-state index in [0.717, 1.165) is 18.0 Å². The van der Waals surface area contributed by atoms with E-state index in [1.807, 2.05) is 11.6 Å². The molecule has 6 nitrogen and oxygen atoms in total. The lowest BCUT2D eigenvalue weighted by molar-refractivity contribution is 0.284. The summed E-state index contributed by atoms with van der Waals surface area (Å²) in [6.07, 6.45) is 4.76. The van der Waals surface area contributed by atoms with E-state index >= 15 is 0 Å². The normalized spacial score (nSPS) is 20.6. The van der Waals surface area contributed by atoms with Crippen LogP contribution in [-0.2, 0) is 0 Å². The second-order valence-corrected chi connectivity index (χ2v) is 5.75. The largest absolute Gasteiger partial charge is 0.395 e. The molecule has 1 fully saturated rings. The van der Waals surface area contributed by atoms with E-state index in [0.29, 0.717) is 6.04 Å². The Morgan fingerprint density at radius 3 is 2.82 bits per heavy atom. The van der Waals surface area contributed by atoms with Crippen LogP contribution in [0.25, 0.3) is 0 Å². The molecule has 1 aliphatic carbocycles. The molecular formula is C10H19N5OS. The zero-order valence-electron chi connectivity index (χ0n) is 9.99. The predicted octanol–water partition coefficient (Wildman–Crippen LogP) is 0.588. The average Bonchev–Trinajstić information content (AvgIpc) is 2.95. The minimum atomic E-state index is -0.0845. The number of nitrogens with two attached hydrogens (primary N) is 1. The first kappa shape index (κ1) is 12.8. The lowest BCUT2D eigenvalue weighted by Crippen LogP contribution is -2.32. The summed E-state index contributed by atoms with van der Waals surface area (Å²) in [5, 5.41) is 21.8. The number of aliphatic hydroxyl groups excluding tert-OH is 1. The molecule has 0 radical (unpaired) electrons. The van der Waals surface area contributed by atoms with Crippen LogP contribution in [0.3, 0.4) is 0 Å². The van der Waals surface area contributed by atoms with Crippen molar-refractivity contribution in [3.8, 4) is 0 Å². The van der Waals surface area contributed by atoms with Crippen molar-refractivity contribution < 1.29 is 5.11 Å². The Kier molecular flexibility index (Phi) is 4.36. The van der Waals surface area contributed by atoms with Crippen LogP contribution in [0.15, 0.2) is 5.16 Å². The lowest BCUT2D eigenvalue weighted by atomic mass is 10.3. The van der Waals surface area contributed by atoms with Gasteiger partial charge in [0, 0.05) is 6.04 Å². The Labute approximate surface area is 105 Å².